The highest BCUT2D eigenvalue weighted by Crippen LogP contribution is 2.62. The molecule has 20 heteroatoms. The summed E-state index contributed by atoms with van der Waals surface area (Å²) in [7, 11) is 0. The number of carbonyl (C=O) groups is 1. The second-order valence-corrected chi connectivity index (χ2v) is 17.9. The Hall–Kier alpha value is -7.36. The molecule has 4 aromatic carbocycles. The first-order chi connectivity index (χ1) is 35.4. The van der Waals surface area contributed by atoms with Gasteiger partial charge in [-0.2, -0.15) is 0 Å². The number of nitro groups is 3. The van der Waals surface area contributed by atoms with E-state index >= 15 is 0 Å². The number of non-ortho nitro benzene ring substituents is 3. The average molecular weight is 1010 g/mol. The maximum absolute atomic E-state index is 15.0. The van der Waals surface area contributed by atoms with Gasteiger partial charge in [-0.05, 0) is 109 Å². The number of nitro benzene ring substituents is 3. The van der Waals surface area contributed by atoms with Crippen molar-refractivity contribution in [1.82, 2.24) is 4.90 Å². The number of hydrogen-bond acceptors (Lipinski definition) is 16. The van der Waals surface area contributed by atoms with Crippen LogP contribution in [0.15, 0.2) is 127 Å². The fraction of sp³-hybridized carbons (Fsp3) is 0.396. The van der Waals surface area contributed by atoms with Gasteiger partial charge in [0.05, 0.1) is 58.9 Å². The third kappa shape index (κ3) is 12.8. The molecule has 0 saturated heterocycles. The van der Waals surface area contributed by atoms with Crippen molar-refractivity contribution in [3.8, 4) is 17.2 Å². The van der Waals surface area contributed by atoms with E-state index in [1.165, 1.54) is 60.7 Å². The minimum absolute atomic E-state index is 0.00538. The molecular formula is C53H59N5O15. The predicted octanol–water partition coefficient (Wildman–Crippen LogP) is 8.59. The van der Waals surface area contributed by atoms with Crippen molar-refractivity contribution < 1.29 is 58.7 Å². The number of oxime groups is 1. The van der Waals surface area contributed by atoms with E-state index in [0.717, 1.165) is 11.1 Å². The van der Waals surface area contributed by atoms with Crippen LogP contribution in [-0.4, -0.2) is 105 Å². The minimum atomic E-state index is -1.68. The van der Waals surface area contributed by atoms with Crippen LogP contribution >= 0.6 is 0 Å². The third-order valence-electron chi connectivity index (χ3n) is 13.4. The Morgan fingerprint density at radius 3 is 2.18 bits per heavy atom. The largest absolute Gasteiger partial charge is 0.459 e. The molecule has 0 spiro atoms. The van der Waals surface area contributed by atoms with E-state index in [2.05, 4.69) is 12.7 Å². The summed E-state index contributed by atoms with van der Waals surface area (Å²) in [6, 6.07) is 21.7. The van der Waals surface area contributed by atoms with E-state index in [4.69, 9.17) is 28.9 Å². The molecule has 1 amide bonds. The summed E-state index contributed by atoms with van der Waals surface area (Å²) in [6.07, 6.45) is 10.3. The second kappa shape index (κ2) is 25.3. The van der Waals surface area contributed by atoms with E-state index in [9.17, 15) is 50.5 Å². The third-order valence-corrected chi connectivity index (χ3v) is 13.4. The Morgan fingerprint density at radius 1 is 0.822 bits per heavy atom. The molecular weight excluding hydrogens is 947 g/mol. The van der Waals surface area contributed by atoms with E-state index < -0.39 is 44.3 Å². The molecule has 6 atom stereocenters. The van der Waals surface area contributed by atoms with Crippen molar-refractivity contribution in [3.05, 3.63) is 168 Å². The number of allylic oxidation sites excluding steroid dienone is 1. The number of rotatable bonds is 27. The van der Waals surface area contributed by atoms with Gasteiger partial charge in [0.2, 0.25) is 11.7 Å². The van der Waals surface area contributed by atoms with Crippen molar-refractivity contribution in [2.75, 3.05) is 46.2 Å². The Morgan fingerprint density at radius 2 is 1.51 bits per heavy atom. The maximum Gasteiger partial charge on any atom is 0.273 e. The number of nitrogens with zero attached hydrogens (tertiary/aromatic N) is 5. The standard InChI is InChI=1S/C53H59N5O15/c1-2-28-70-53-49(55(24-29-69-30-27-61)50(62)23-16-36-12-17-39(18-13-36)56(63)64)34-47(54-71-35-37-14-19-40(20-15-37)57(65)66)45-31-38(8-3-5-25-59)44(11-4-6-26-60)51(52(45)53)46-33-43(21-22-48(46)73-53)72-42-10-7-9-41(32-42)58(67)68/h2,7,9-10,12-23,31-33,38,44,49,51-52,59-61H,1,3-6,8,11,24-30,34-35H2. The van der Waals surface area contributed by atoms with Gasteiger partial charge in [0.15, 0.2) is 0 Å². The van der Waals surface area contributed by atoms with E-state index in [1.54, 1.807) is 47.4 Å². The highest BCUT2D eigenvalue weighted by molar-refractivity contribution is 6.03. The van der Waals surface area contributed by atoms with Gasteiger partial charge in [0, 0.05) is 74.1 Å². The highest BCUT2D eigenvalue weighted by atomic mass is 16.7. The molecule has 386 valence electrons. The molecule has 0 aromatic heterocycles. The van der Waals surface area contributed by atoms with Crippen LogP contribution in [0.2, 0.25) is 0 Å². The van der Waals surface area contributed by atoms with Gasteiger partial charge in [-0.3, -0.25) is 35.1 Å². The van der Waals surface area contributed by atoms with Crippen LogP contribution < -0.4 is 9.47 Å². The van der Waals surface area contributed by atoms with E-state index in [0.29, 0.717) is 66.9 Å². The van der Waals surface area contributed by atoms with Crippen LogP contribution in [0.5, 0.6) is 17.2 Å². The molecule has 2 aliphatic carbocycles. The molecule has 0 bridgehead atoms. The molecule has 1 aliphatic heterocycles. The fourth-order valence-electron chi connectivity index (χ4n) is 10.1. The Balaban J connectivity index is 1.43. The van der Waals surface area contributed by atoms with Crippen LogP contribution in [0.1, 0.15) is 67.6 Å². The SMILES string of the molecule is C=CCOC12Oc3ccc(Oc4cccc([N+](=O)[O-])c4)cc3C3C(CCCCO)C(CCCCO)C=C(C(=NOCc4ccc([N+](=O)[O-])cc4)CC1N(CCOCCO)C(=O)C=Cc1ccc([N+](=O)[O-])cc1)C32. The van der Waals surface area contributed by atoms with Gasteiger partial charge in [-0.25, -0.2) is 0 Å². The van der Waals surface area contributed by atoms with Crippen molar-refractivity contribution in [2.24, 2.45) is 22.9 Å². The molecule has 3 N–H and O–H groups in total. The van der Waals surface area contributed by atoms with Gasteiger partial charge in [0.1, 0.15) is 29.9 Å². The molecule has 73 heavy (non-hydrogen) atoms. The number of ether oxygens (including phenoxy) is 4. The number of benzene rings is 4. The summed E-state index contributed by atoms with van der Waals surface area (Å²) >= 11 is 0. The highest BCUT2D eigenvalue weighted by Gasteiger charge is 2.65. The molecule has 0 radical (unpaired) electrons. The van der Waals surface area contributed by atoms with Crippen LogP contribution in [0, 0.1) is 48.1 Å². The number of aliphatic hydroxyl groups excluding tert-OH is 3. The fourth-order valence-corrected chi connectivity index (χ4v) is 10.1. The summed E-state index contributed by atoms with van der Waals surface area (Å²) < 4.78 is 26.5. The van der Waals surface area contributed by atoms with Crippen molar-refractivity contribution in [1.29, 1.82) is 0 Å². The monoisotopic (exact) mass is 1010 g/mol. The van der Waals surface area contributed by atoms with Crippen LogP contribution in [0.4, 0.5) is 17.1 Å². The smallest absolute Gasteiger partial charge is 0.273 e. The molecule has 1 heterocycles. The Labute approximate surface area is 421 Å². The van der Waals surface area contributed by atoms with Crippen molar-refractivity contribution in [3.63, 3.8) is 0 Å². The molecule has 1 fully saturated rings. The number of unbranched alkanes of at least 4 members (excludes halogenated alkanes) is 2. The van der Waals surface area contributed by atoms with Gasteiger partial charge < -0.3 is 44.0 Å². The summed E-state index contributed by atoms with van der Waals surface area (Å²) in [6.45, 7) is 3.52. The van der Waals surface area contributed by atoms with Crippen LogP contribution in [0.25, 0.3) is 6.08 Å². The second-order valence-electron chi connectivity index (χ2n) is 17.9. The number of aliphatic hydroxyl groups is 3. The zero-order chi connectivity index (χ0) is 51.9. The lowest BCUT2D eigenvalue weighted by Crippen LogP contribution is -2.70. The first-order valence-corrected chi connectivity index (χ1v) is 24.2. The average Bonchev–Trinajstić information content (AvgIpc) is 3.39. The zero-order valence-electron chi connectivity index (χ0n) is 40.1. The lowest BCUT2D eigenvalue weighted by molar-refractivity contribution is -0.385. The van der Waals surface area contributed by atoms with Gasteiger partial charge in [-0.15, -0.1) is 6.58 Å². The quantitative estimate of drug-likeness (QED) is 0.0166. The molecule has 3 aliphatic rings. The number of carbonyl (C=O) groups excluding carboxylic acids is 1. The summed E-state index contributed by atoms with van der Waals surface area (Å²) in [4.78, 5) is 55.8. The normalized spacial score (nSPS) is 21.3. The molecule has 6 unspecified atom stereocenters. The molecule has 4 aromatic rings. The van der Waals surface area contributed by atoms with E-state index in [-0.39, 0.29) is 93.9 Å². The zero-order valence-corrected chi connectivity index (χ0v) is 40.1. The predicted molar refractivity (Wildman–Crippen MR) is 268 cm³/mol. The number of fused-ring (bicyclic) bond motifs is 2. The minimum Gasteiger partial charge on any atom is -0.459 e. The topological polar surface area (TPSA) is 269 Å². The van der Waals surface area contributed by atoms with Crippen molar-refractivity contribution in [2.45, 2.75) is 69.3 Å². The Kier molecular flexibility index (Phi) is 18.6. The number of amides is 1. The van der Waals surface area contributed by atoms with Gasteiger partial charge in [-0.1, -0.05) is 36.2 Å². The van der Waals surface area contributed by atoms with Gasteiger partial charge >= 0.3 is 0 Å². The molecule has 7 rings (SSSR count). The Bertz CT molecular complexity index is 2680. The lowest BCUT2D eigenvalue weighted by atomic mass is 9.55. The summed E-state index contributed by atoms with van der Waals surface area (Å²) in [5, 5.41) is 69.1. The molecule has 20 nitrogen and oxygen atoms in total. The summed E-state index contributed by atoms with van der Waals surface area (Å²) in [5.41, 5.74) is 2.67. The van der Waals surface area contributed by atoms with Crippen molar-refractivity contribution >= 4 is 34.8 Å². The molecule has 1 saturated carbocycles. The first-order valence-electron chi connectivity index (χ1n) is 24.2. The van der Waals surface area contributed by atoms with Crippen LogP contribution in [0.3, 0.4) is 0 Å². The maximum atomic E-state index is 15.0. The van der Waals surface area contributed by atoms with Crippen LogP contribution in [-0.2, 0) is 25.7 Å². The van der Waals surface area contributed by atoms with Gasteiger partial charge in [0.25, 0.3) is 17.1 Å². The number of hydrogen-bond donors (Lipinski definition) is 3. The summed E-state index contributed by atoms with van der Waals surface area (Å²) in [5.74, 6) is -2.67. The van der Waals surface area contributed by atoms with E-state index in [1.807, 2.05) is 6.07 Å². The first kappa shape index (κ1) is 53.4. The lowest BCUT2D eigenvalue weighted by Gasteiger charge is -2.60.